The summed E-state index contributed by atoms with van der Waals surface area (Å²) in [5.41, 5.74) is 6.85. The van der Waals surface area contributed by atoms with Gasteiger partial charge in [-0.3, -0.25) is 0 Å². The van der Waals surface area contributed by atoms with Gasteiger partial charge >= 0.3 is 0 Å². The zero-order chi connectivity index (χ0) is 14.8. The molecule has 0 radical (unpaired) electrons. The molecule has 0 aromatic carbocycles. The Kier molecular flexibility index (Phi) is 7.95. The Bertz CT molecular complexity index is 396. The molecule has 0 aliphatic heterocycles. The number of nitrogens with zero attached hydrogens (tertiary/aromatic N) is 2. The Balaban J connectivity index is 2.38. The van der Waals surface area contributed by atoms with Gasteiger partial charge in [-0.15, -0.1) is 0 Å². The highest BCUT2D eigenvalue weighted by molar-refractivity contribution is 5.54. The van der Waals surface area contributed by atoms with E-state index in [0.717, 1.165) is 62.6 Å². The lowest BCUT2D eigenvalue weighted by Crippen LogP contribution is -2.12. The third-order valence-corrected chi connectivity index (χ3v) is 3.10. The van der Waals surface area contributed by atoms with Crippen molar-refractivity contribution in [3.8, 4) is 0 Å². The lowest BCUT2D eigenvalue weighted by Gasteiger charge is -2.12. The first-order chi connectivity index (χ1) is 9.69. The molecule has 5 heteroatoms. The summed E-state index contributed by atoms with van der Waals surface area (Å²) in [5, 5.41) is 3.33. The van der Waals surface area contributed by atoms with Crippen LogP contribution in [0.1, 0.15) is 50.9 Å². The van der Waals surface area contributed by atoms with Crippen molar-refractivity contribution >= 4 is 11.6 Å². The molecule has 3 N–H and O–H groups in total. The van der Waals surface area contributed by atoms with E-state index in [2.05, 4.69) is 29.1 Å². The molecule has 1 aromatic rings. The molecule has 0 saturated carbocycles. The summed E-state index contributed by atoms with van der Waals surface area (Å²) in [5.74, 6) is 2.25. The lowest BCUT2D eigenvalue weighted by molar-refractivity contribution is 0.131. The number of hydrogen-bond acceptors (Lipinski definition) is 5. The van der Waals surface area contributed by atoms with E-state index in [1.165, 1.54) is 6.42 Å². The maximum atomic E-state index is 5.92. The van der Waals surface area contributed by atoms with Crippen molar-refractivity contribution < 1.29 is 4.74 Å². The van der Waals surface area contributed by atoms with Gasteiger partial charge in [0, 0.05) is 31.7 Å². The quantitative estimate of drug-likeness (QED) is 0.645. The van der Waals surface area contributed by atoms with Gasteiger partial charge in [0.2, 0.25) is 0 Å². The summed E-state index contributed by atoms with van der Waals surface area (Å²) in [6, 6.07) is 0. The van der Waals surface area contributed by atoms with E-state index in [0.29, 0.717) is 5.82 Å². The van der Waals surface area contributed by atoms with Crippen molar-refractivity contribution in [2.24, 2.45) is 0 Å². The minimum absolute atomic E-state index is 0.574. The number of hydrogen-bond donors (Lipinski definition) is 2. The third-order valence-electron chi connectivity index (χ3n) is 3.10. The van der Waals surface area contributed by atoms with E-state index in [1.54, 1.807) is 0 Å². The minimum Gasteiger partial charge on any atom is -0.383 e. The van der Waals surface area contributed by atoms with Crippen LogP contribution in [-0.2, 0) is 11.2 Å². The molecule has 0 saturated heterocycles. The van der Waals surface area contributed by atoms with Crippen LogP contribution >= 0.6 is 0 Å². The standard InChI is InChI=1S/C15H28N4O/c1-4-6-10-20-11-7-9-17-15-12(3)14(16)18-13(19-15)8-5-2/h4-11H2,1-3H3,(H3,16,17,18,19). The molecule has 0 aliphatic rings. The first-order valence-electron chi connectivity index (χ1n) is 7.63. The summed E-state index contributed by atoms with van der Waals surface area (Å²) in [6.07, 6.45) is 5.16. The number of nitrogens with one attached hydrogen (secondary N) is 1. The second-order valence-electron chi connectivity index (χ2n) is 4.99. The summed E-state index contributed by atoms with van der Waals surface area (Å²) in [6.45, 7) is 8.71. The van der Waals surface area contributed by atoms with Crippen molar-refractivity contribution in [3.63, 3.8) is 0 Å². The lowest BCUT2D eigenvalue weighted by atomic mass is 10.2. The molecule has 5 nitrogen and oxygen atoms in total. The van der Waals surface area contributed by atoms with E-state index < -0.39 is 0 Å². The first kappa shape index (κ1) is 16.7. The average Bonchev–Trinajstić information content (AvgIpc) is 2.43. The van der Waals surface area contributed by atoms with Crippen LogP contribution in [0.3, 0.4) is 0 Å². The van der Waals surface area contributed by atoms with Gasteiger partial charge < -0.3 is 15.8 Å². The highest BCUT2D eigenvalue weighted by Crippen LogP contribution is 2.17. The second kappa shape index (κ2) is 9.53. The number of rotatable bonds is 10. The van der Waals surface area contributed by atoms with Crippen molar-refractivity contribution in [3.05, 3.63) is 11.4 Å². The molecular formula is C15H28N4O. The number of nitrogens with two attached hydrogens (primary N) is 1. The van der Waals surface area contributed by atoms with Crippen molar-refractivity contribution in [1.82, 2.24) is 9.97 Å². The maximum absolute atomic E-state index is 5.92. The van der Waals surface area contributed by atoms with Crippen LogP contribution in [0.5, 0.6) is 0 Å². The molecule has 20 heavy (non-hydrogen) atoms. The van der Waals surface area contributed by atoms with Crippen LogP contribution in [0, 0.1) is 6.92 Å². The molecule has 0 amide bonds. The second-order valence-corrected chi connectivity index (χ2v) is 4.99. The molecule has 1 aromatic heterocycles. The number of aryl methyl sites for hydroxylation is 1. The van der Waals surface area contributed by atoms with Gasteiger partial charge in [0.05, 0.1) is 0 Å². The zero-order valence-corrected chi connectivity index (χ0v) is 13.0. The fourth-order valence-corrected chi connectivity index (χ4v) is 1.82. The summed E-state index contributed by atoms with van der Waals surface area (Å²) in [4.78, 5) is 8.83. The molecule has 0 spiro atoms. The van der Waals surface area contributed by atoms with Crippen LogP contribution in [0.2, 0.25) is 0 Å². The highest BCUT2D eigenvalue weighted by atomic mass is 16.5. The number of ether oxygens (including phenoxy) is 1. The van der Waals surface area contributed by atoms with Gasteiger partial charge in [0.25, 0.3) is 0 Å². The predicted molar refractivity (Wildman–Crippen MR) is 84.0 cm³/mol. The number of nitrogen functional groups attached to an aromatic ring is 1. The van der Waals surface area contributed by atoms with E-state index in [-0.39, 0.29) is 0 Å². The van der Waals surface area contributed by atoms with Crippen LogP contribution in [0.25, 0.3) is 0 Å². The highest BCUT2D eigenvalue weighted by Gasteiger charge is 2.07. The van der Waals surface area contributed by atoms with E-state index in [4.69, 9.17) is 10.5 Å². The van der Waals surface area contributed by atoms with Crippen molar-refractivity contribution in [1.29, 1.82) is 0 Å². The van der Waals surface area contributed by atoms with Gasteiger partial charge in [-0.1, -0.05) is 20.3 Å². The van der Waals surface area contributed by atoms with E-state index >= 15 is 0 Å². The number of unbranched alkanes of at least 4 members (excludes halogenated alkanes) is 1. The SMILES string of the molecule is CCCCOCCCNc1nc(CCC)nc(N)c1C. The topological polar surface area (TPSA) is 73.1 Å². The first-order valence-corrected chi connectivity index (χ1v) is 7.63. The number of aromatic nitrogens is 2. The Morgan fingerprint density at radius 1 is 1.10 bits per heavy atom. The van der Waals surface area contributed by atoms with Gasteiger partial charge in [0.15, 0.2) is 0 Å². The Hall–Kier alpha value is -1.36. The third kappa shape index (κ3) is 5.74. The van der Waals surface area contributed by atoms with E-state index in [1.807, 2.05) is 6.92 Å². The fraction of sp³-hybridized carbons (Fsp3) is 0.733. The molecule has 114 valence electrons. The molecule has 1 heterocycles. The Morgan fingerprint density at radius 3 is 2.55 bits per heavy atom. The largest absolute Gasteiger partial charge is 0.383 e. The zero-order valence-electron chi connectivity index (χ0n) is 13.0. The van der Waals surface area contributed by atoms with Crippen molar-refractivity contribution in [2.45, 2.75) is 52.9 Å². The van der Waals surface area contributed by atoms with Gasteiger partial charge in [-0.05, 0) is 26.2 Å². The molecule has 1 rings (SSSR count). The Labute approximate surface area is 122 Å². The van der Waals surface area contributed by atoms with Crippen LogP contribution < -0.4 is 11.1 Å². The summed E-state index contributed by atoms with van der Waals surface area (Å²) in [7, 11) is 0. The molecule has 0 bridgehead atoms. The maximum Gasteiger partial charge on any atom is 0.134 e. The molecule has 0 fully saturated rings. The van der Waals surface area contributed by atoms with Crippen LogP contribution in [-0.4, -0.2) is 29.7 Å². The summed E-state index contributed by atoms with van der Waals surface area (Å²) < 4.78 is 5.53. The summed E-state index contributed by atoms with van der Waals surface area (Å²) >= 11 is 0. The molecule has 0 atom stereocenters. The Morgan fingerprint density at radius 2 is 1.85 bits per heavy atom. The number of anilines is 2. The van der Waals surface area contributed by atoms with Crippen molar-refractivity contribution in [2.75, 3.05) is 30.8 Å². The van der Waals surface area contributed by atoms with Gasteiger partial charge in [-0.25, -0.2) is 9.97 Å². The molecule has 0 aliphatic carbocycles. The van der Waals surface area contributed by atoms with E-state index in [9.17, 15) is 0 Å². The predicted octanol–water partition coefficient (Wildman–Crippen LogP) is 2.94. The molecule has 0 unspecified atom stereocenters. The normalized spacial score (nSPS) is 10.8. The van der Waals surface area contributed by atoms with Crippen LogP contribution in [0.4, 0.5) is 11.6 Å². The average molecular weight is 280 g/mol. The fourth-order valence-electron chi connectivity index (χ4n) is 1.82. The van der Waals surface area contributed by atoms with Gasteiger partial charge in [-0.2, -0.15) is 0 Å². The van der Waals surface area contributed by atoms with Gasteiger partial charge in [0.1, 0.15) is 17.5 Å². The smallest absolute Gasteiger partial charge is 0.134 e. The monoisotopic (exact) mass is 280 g/mol. The molecular weight excluding hydrogens is 252 g/mol. The minimum atomic E-state index is 0.574. The van der Waals surface area contributed by atoms with Crippen LogP contribution in [0.15, 0.2) is 0 Å².